The Morgan fingerprint density at radius 1 is 1.44 bits per heavy atom. The summed E-state index contributed by atoms with van der Waals surface area (Å²) >= 11 is 0. The lowest BCUT2D eigenvalue weighted by Gasteiger charge is -2.21. The van der Waals surface area contributed by atoms with Crippen molar-refractivity contribution in [3.8, 4) is 0 Å². The Morgan fingerprint density at radius 3 is 2.39 bits per heavy atom. The molecule has 1 aromatic heterocycles. The van der Waals surface area contributed by atoms with Gasteiger partial charge in [-0.1, -0.05) is 6.92 Å². The largest absolute Gasteiger partial charge is 0.384 e. The van der Waals surface area contributed by atoms with Gasteiger partial charge in [-0.25, -0.2) is 14.4 Å². The number of methoxy groups -OCH3 is 1. The molecule has 0 aliphatic rings. The molecule has 0 unspecified atom stereocenters. The van der Waals surface area contributed by atoms with E-state index < -0.39 is 27.1 Å². The molecule has 0 saturated heterocycles. The molecule has 1 heterocycles. The van der Waals surface area contributed by atoms with E-state index in [9.17, 15) is 17.4 Å². The van der Waals surface area contributed by atoms with E-state index in [2.05, 4.69) is 9.97 Å². The van der Waals surface area contributed by atoms with Crippen LogP contribution in [0.5, 0.6) is 0 Å². The predicted molar refractivity (Wildman–Crippen MR) is 62.2 cm³/mol. The van der Waals surface area contributed by atoms with Gasteiger partial charge in [-0.2, -0.15) is 8.42 Å². The minimum atomic E-state index is -4.25. The van der Waals surface area contributed by atoms with E-state index in [1.54, 1.807) is 6.92 Å². The number of halogens is 1. The number of ether oxygens (including phenoxy) is 1. The first-order chi connectivity index (χ1) is 8.40. The fourth-order valence-electron chi connectivity index (χ4n) is 1.74. The lowest BCUT2D eigenvalue weighted by molar-refractivity contribution is 0.172. The van der Waals surface area contributed by atoms with Crippen molar-refractivity contribution in [2.75, 3.05) is 13.7 Å². The molecule has 0 aliphatic heterocycles. The Hall–Kier alpha value is -1.12. The predicted octanol–water partition coefficient (Wildman–Crippen LogP) is 1.01. The highest BCUT2D eigenvalue weighted by molar-refractivity contribution is 7.86. The molecule has 18 heavy (non-hydrogen) atoms. The highest BCUT2D eigenvalue weighted by atomic mass is 32.2. The van der Waals surface area contributed by atoms with E-state index in [4.69, 9.17) is 4.74 Å². The van der Waals surface area contributed by atoms with Gasteiger partial charge in [-0.15, -0.1) is 0 Å². The van der Waals surface area contributed by atoms with Crippen LogP contribution < -0.4 is 0 Å². The van der Waals surface area contributed by atoms with Crippen LogP contribution in [0.4, 0.5) is 4.39 Å². The Balaban J connectivity index is 3.12. The van der Waals surface area contributed by atoms with Gasteiger partial charge in [0.15, 0.2) is 5.82 Å². The second-order valence-corrected chi connectivity index (χ2v) is 5.42. The van der Waals surface area contributed by atoms with Crippen molar-refractivity contribution >= 4 is 10.1 Å². The first-order valence-corrected chi connectivity index (χ1v) is 6.83. The second-order valence-electron chi connectivity index (χ2n) is 3.78. The number of rotatable bonds is 6. The monoisotopic (exact) mass is 278 g/mol. The fraction of sp³-hybridized carbons (Fsp3) is 0.600. The van der Waals surface area contributed by atoms with Crippen LogP contribution in [-0.4, -0.2) is 41.9 Å². The van der Waals surface area contributed by atoms with Crippen LogP contribution in [0.15, 0.2) is 12.4 Å². The van der Waals surface area contributed by atoms with Gasteiger partial charge < -0.3 is 4.74 Å². The maximum Gasteiger partial charge on any atom is 0.268 e. The maximum absolute atomic E-state index is 12.7. The highest BCUT2D eigenvalue weighted by Crippen LogP contribution is 2.24. The fourth-order valence-corrected chi connectivity index (χ4v) is 2.78. The van der Waals surface area contributed by atoms with Gasteiger partial charge in [0.1, 0.15) is 5.82 Å². The second kappa shape index (κ2) is 6.17. The van der Waals surface area contributed by atoms with Crippen molar-refractivity contribution in [1.29, 1.82) is 0 Å². The number of nitrogens with zero attached hydrogens (tertiary/aromatic N) is 2. The van der Waals surface area contributed by atoms with Crippen molar-refractivity contribution < 1.29 is 22.1 Å². The quantitative estimate of drug-likeness (QED) is 0.781. The molecule has 0 bridgehead atoms. The van der Waals surface area contributed by atoms with Gasteiger partial charge in [0.2, 0.25) is 0 Å². The first kappa shape index (κ1) is 14.9. The molecule has 102 valence electrons. The Kier molecular flexibility index (Phi) is 5.12. The summed E-state index contributed by atoms with van der Waals surface area (Å²) in [5.74, 6) is -1.23. The molecule has 8 heteroatoms. The molecular weight excluding hydrogens is 263 g/mol. The standard InChI is InChI=1S/C10H15FN2O4S/c1-3-9(18(14,15)16)8(6-17-2)10-12-4-7(11)5-13-10/h4-5,8-9H,3,6H2,1-2H3,(H,14,15,16)/t8-,9+/m1/s1. The SMILES string of the molecule is CC[C@@H]([C@@H](COC)c1ncc(F)cn1)S(=O)(=O)O. The van der Waals surface area contributed by atoms with Gasteiger partial charge in [-0.05, 0) is 6.42 Å². The molecule has 0 aliphatic carbocycles. The van der Waals surface area contributed by atoms with Crippen molar-refractivity contribution in [3.63, 3.8) is 0 Å². The highest BCUT2D eigenvalue weighted by Gasteiger charge is 2.33. The van der Waals surface area contributed by atoms with E-state index in [0.717, 1.165) is 12.4 Å². The van der Waals surface area contributed by atoms with Gasteiger partial charge in [0.25, 0.3) is 10.1 Å². The van der Waals surface area contributed by atoms with Crippen molar-refractivity contribution in [2.45, 2.75) is 24.5 Å². The van der Waals surface area contributed by atoms with Crippen LogP contribution in [0.2, 0.25) is 0 Å². The summed E-state index contributed by atoms with van der Waals surface area (Å²) in [7, 11) is -2.85. The maximum atomic E-state index is 12.7. The summed E-state index contributed by atoms with van der Waals surface area (Å²) in [6, 6.07) is 0. The Morgan fingerprint density at radius 2 is 2.00 bits per heavy atom. The summed E-state index contributed by atoms with van der Waals surface area (Å²) in [4.78, 5) is 7.48. The summed E-state index contributed by atoms with van der Waals surface area (Å²) < 4.78 is 49.4. The molecule has 6 nitrogen and oxygen atoms in total. The zero-order valence-corrected chi connectivity index (χ0v) is 10.9. The Labute approximate surface area is 105 Å². The summed E-state index contributed by atoms with van der Waals surface area (Å²) in [6.45, 7) is 1.63. The van der Waals surface area contributed by atoms with Crippen LogP contribution in [0.3, 0.4) is 0 Å². The molecule has 0 aromatic carbocycles. The molecule has 0 saturated carbocycles. The van der Waals surface area contributed by atoms with Crippen LogP contribution in [0.25, 0.3) is 0 Å². The van der Waals surface area contributed by atoms with Gasteiger partial charge in [0, 0.05) is 7.11 Å². The van der Waals surface area contributed by atoms with Crippen LogP contribution in [0.1, 0.15) is 25.1 Å². The third kappa shape index (κ3) is 3.69. The molecular formula is C10H15FN2O4S. The normalized spacial score (nSPS) is 15.3. The average Bonchev–Trinajstić information content (AvgIpc) is 2.28. The summed E-state index contributed by atoms with van der Waals surface area (Å²) in [6.07, 6.45) is 2.07. The van der Waals surface area contributed by atoms with E-state index in [1.807, 2.05) is 0 Å². The van der Waals surface area contributed by atoms with Crippen molar-refractivity contribution in [1.82, 2.24) is 9.97 Å². The average molecular weight is 278 g/mol. The minimum absolute atomic E-state index is 0.0178. The van der Waals surface area contributed by atoms with Crippen LogP contribution in [-0.2, 0) is 14.9 Å². The third-order valence-corrected chi connectivity index (χ3v) is 3.98. The van der Waals surface area contributed by atoms with Crippen molar-refractivity contribution in [3.05, 3.63) is 24.0 Å². The molecule has 1 N–H and O–H groups in total. The Bertz CT molecular complexity index is 477. The summed E-state index contributed by atoms with van der Waals surface area (Å²) in [5.41, 5.74) is 0. The van der Waals surface area contributed by atoms with Crippen LogP contribution in [0, 0.1) is 5.82 Å². The lowest BCUT2D eigenvalue weighted by Crippen LogP contribution is -2.31. The smallest absolute Gasteiger partial charge is 0.268 e. The third-order valence-electron chi connectivity index (χ3n) is 2.55. The van der Waals surface area contributed by atoms with Gasteiger partial charge >= 0.3 is 0 Å². The van der Waals surface area contributed by atoms with Crippen LogP contribution >= 0.6 is 0 Å². The zero-order chi connectivity index (χ0) is 13.8. The number of aromatic nitrogens is 2. The van der Waals surface area contributed by atoms with E-state index in [-0.39, 0.29) is 18.9 Å². The van der Waals surface area contributed by atoms with Gasteiger partial charge in [-0.3, -0.25) is 4.55 Å². The lowest BCUT2D eigenvalue weighted by atomic mass is 10.0. The molecule has 0 amide bonds. The molecule has 0 spiro atoms. The number of hydrogen-bond donors (Lipinski definition) is 1. The number of hydrogen-bond acceptors (Lipinski definition) is 5. The first-order valence-electron chi connectivity index (χ1n) is 5.32. The van der Waals surface area contributed by atoms with E-state index >= 15 is 0 Å². The van der Waals surface area contributed by atoms with E-state index in [0.29, 0.717) is 0 Å². The minimum Gasteiger partial charge on any atom is -0.384 e. The molecule has 1 rings (SSSR count). The molecule has 0 radical (unpaired) electrons. The molecule has 1 aromatic rings. The zero-order valence-electron chi connectivity index (χ0n) is 10.1. The van der Waals surface area contributed by atoms with Gasteiger partial charge in [0.05, 0.1) is 30.2 Å². The molecule has 2 atom stereocenters. The molecule has 0 fully saturated rings. The summed E-state index contributed by atoms with van der Waals surface area (Å²) in [5, 5.41) is -1.08. The van der Waals surface area contributed by atoms with E-state index in [1.165, 1.54) is 7.11 Å². The van der Waals surface area contributed by atoms with Crippen molar-refractivity contribution in [2.24, 2.45) is 0 Å². The topological polar surface area (TPSA) is 89.4 Å².